The minimum atomic E-state index is -3.11. The Morgan fingerprint density at radius 1 is 1.35 bits per heavy atom. The van der Waals surface area contributed by atoms with Crippen LogP contribution in [-0.2, 0) is 22.1 Å². The fourth-order valence-corrected chi connectivity index (χ4v) is 2.86. The summed E-state index contributed by atoms with van der Waals surface area (Å²) in [4.78, 5) is 0. The molecule has 1 aromatic carbocycles. The van der Waals surface area contributed by atoms with E-state index in [1.54, 1.807) is 22.8 Å². The predicted octanol–water partition coefficient (Wildman–Crippen LogP) is 2.34. The summed E-state index contributed by atoms with van der Waals surface area (Å²) in [5.74, 6) is -0.376. The molecule has 0 aliphatic carbocycles. The average molecular weight is 255 g/mol. The molecule has 2 rings (SSSR count). The van der Waals surface area contributed by atoms with E-state index in [1.165, 1.54) is 12.3 Å². The van der Waals surface area contributed by atoms with Gasteiger partial charge < -0.3 is 4.57 Å². The molecular formula is C12H14FNO2S. The topological polar surface area (TPSA) is 39.1 Å². The van der Waals surface area contributed by atoms with Crippen molar-refractivity contribution in [1.82, 2.24) is 4.57 Å². The molecule has 0 saturated heterocycles. The van der Waals surface area contributed by atoms with Gasteiger partial charge in [-0.1, -0.05) is 12.1 Å². The molecule has 1 heterocycles. The molecule has 2 aromatic rings. The summed E-state index contributed by atoms with van der Waals surface area (Å²) in [6, 6.07) is 6.54. The normalized spacial score (nSPS) is 12.2. The fourth-order valence-electron chi connectivity index (χ4n) is 2.08. The third-order valence-corrected chi connectivity index (χ3v) is 3.50. The lowest BCUT2D eigenvalue weighted by Crippen LogP contribution is -2.07. The van der Waals surface area contributed by atoms with Gasteiger partial charge in [-0.25, -0.2) is 12.8 Å². The third-order valence-electron chi connectivity index (χ3n) is 2.68. The lowest BCUT2D eigenvalue weighted by molar-refractivity contribution is 0.596. The van der Waals surface area contributed by atoms with Gasteiger partial charge >= 0.3 is 0 Å². The van der Waals surface area contributed by atoms with Crippen molar-refractivity contribution in [2.45, 2.75) is 19.2 Å². The fraction of sp³-hybridized carbons (Fsp3) is 0.333. The standard InChI is InChI=1S/C12H14FNO2S/c1-3-14-10(8-17(2,15)16)7-9-5-4-6-11(13)12(9)14/h4-7H,3,8H2,1-2H3. The zero-order valence-corrected chi connectivity index (χ0v) is 10.6. The summed E-state index contributed by atoms with van der Waals surface area (Å²) in [7, 11) is -3.11. The second-order valence-corrected chi connectivity index (χ2v) is 6.27. The molecule has 5 heteroatoms. The van der Waals surface area contributed by atoms with E-state index in [0.717, 1.165) is 5.39 Å². The van der Waals surface area contributed by atoms with Crippen LogP contribution in [0.4, 0.5) is 4.39 Å². The highest BCUT2D eigenvalue weighted by molar-refractivity contribution is 7.89. The van der Waals surface area contributed by atoms with Crippen LogP contribution in [0, 0.1) is 5.82 Å². The maximum Gasteiger partial charge on any atom is 0.153 e. The van der Waals surface area contributed by atoms with E-state index in [1.807, 2.05) is 6.92 Å². The number of nitrogens with zero attached hydrogens (tertiary/aromatic N) is 1. The average Bonchev–Trinajstić information content (AvgIpc) is 2.53. The molecule has 17 heavy (non-hydrogen) atoms. The Bertz CT molecular complexity index is 658. The molecule has 0 aliphatic rings. The molecule has 0 atom stereocenters. The number of aryl methyl sites for hydroxylation is 1. The second kappa shape index (κ2) is 4.14. The van der Waals surface area contributed by atoms with Gasteiger partial charge in [-0.15, -0.1) is 0 Å². The van der Waals surface area contributed by atoms with Gasteiger partial charge in [-0.3, -0.25) is 0 Å². The van der Waals surface area contributed by atoms with Gasteiger partial charge in [0.1, 0.15) is 5.82 Å². The number of hydrogen-bond acceptors (Lipinski definition) is 2. The van der Waals surface area contributed by atoms with Gasteiger partial charge in [0, 0.05) is 23.9 Å². The number of hydrogen-bond donors (Lipinski definition) is 0. The summed E-state index contributed by atoms with van der Waals surface area (Å²) in [6.07, 6.45) is 1.18. The summed E-state index contributed by atoms with van der Waals surface area (Å²) >= 11 is 0. The van der Waals surface area contributed by atoms with Crippen molar-refractivity contribution in [3.8, 4) is 0 Å². The maximum atomic E-state index is 13.7. The molecule has 1 aromatic heterocycles. The van der Waals surface area contributed by atoms with E-state index in [-0.39, 0.29) is 11.6 Å². The molecule has 0 bridgehead atoms. The smallest absolute Gasteiger partial charge is 0.153 e. The molecular weight excluding hydrogens is 241 g/mol. The zero-order chi connectivity index (χ0) is 12.6. The quantitative estimate of drug-likeness (QED) is 0.844. The van der Waals surface area contributed by atoms with Crippen LogP contribution < -0.4 is 0 Å². The number of rotatable bonds is 3. The Balaban J connectivity index is 2.69. The molecule has 0 radical (unpaired) electrons. The molecule has 92 valence electrons. The number of fused-ring (bicyclic) bond motifs is 1. The number of aromatic nitrogens is 1. The van der Waals surface area contributed by atoms with Gasteiger partial charge in [0.2, 0.25) is 0 Å². The molecule has 0 spiro atoms. The van der Waals surface area contributed by atoms with Crippen LogP contribution >= 0.6 is 0 Å². The van der Waals surface area contributed by atoms with E-state index < -0.39 is 9.84 Å². The summed E-state index contributed by atoms with van der Waals surface area (Å²) < 4.78 is 38.1. The van der Waals surface area contributed by atoms with Gasteiger partial charge in [0.05, 0.1) is 11.3 Å². The van der Waals surface area contributed by atoms with Crippen LogP contribution in [-0.4, -0.2) is 19.2 Å². The Kier molecular flexibility index (Phi) is 2.95. The molecule has 0 amide bonds. The first-order valence-electron chi connectivity index (χ1n) is 5.36. The lowest BCUT2D eigenvalue weighted by atomic mass is 10.2. The van der Waals surface area contributed by atoms with Crippen LogP contribution in [0.15, 0.2) is 24.3 Å². The Labute approximate surface area is 99.8 Å². The van der Waals surface area contributed by atoms with Crippen LogP contribution in [0.3, 0.4) is 0 Å². The van der Waals surface area contributed by atoms with E-state index >= 15 is 0 Å². The Morgan fingerprint density at radius 3 is 2.65 bits per heavy atom. The number of halogens is 1. The highest BCUT2D eigenvalue weighted by Crippen LogP contribution is 2.23. The summed E-state index contributed by atoms with van der Waals surface area (Å²) in [6.45, 7) is 2.42. The van der Waals surface area contributed by atoms with Crippen molar-refractivity contribution in [2.24, 2.45) is 0 Å². The summed E-state index contributed by atoms with van der Waals surface area (Å²) in [5, 5.41) is 0.741. The van der Waals surface area contributed by atoms with Crippen molar-refractivity contribution in [3.05, 3.63) is 35.8 Å². The Morgan fingerprint density at radius 2 is 2.06 bits per heavy atom. The van der Waals surface area contributed by atoms with Gasteiger partial charge in [-0.05, 0) is 19.1 Å². The lowest BCUT2D eigenvalue weighted by Gasteiger charge is -2.07. The molecule has 0 unspecified atom stereocenters. The minimum absolute atomic E-state index is 0.0606. The monoisotopic (exact) mass is 255 g/mol. The first-order valence-corrected chi connectivity index (χ1v) is 7.43. The van der Waals surface area contributed by atoms with Crippen molar-refractivity contribution < 1.29 is 12.8 Å². The van der Waals surface area contributed by atoms with Crippen LogP contribution in [0.1, 0.15) is 12.6 Å². The van der Waals surface area contributed by atoms with Crippen molar-refractivity contribution in [2.75, 3.05) is 6.26 Å². The molecule has 3 nitrogen and oxygen atoms in total. The minimum Gasteiger partial charge on any atom is -0.341 e. The molecule has 0 aliphatic heterocycles. The van der Waals surface area contributed by atoms with Gasteiger partial charge in [0.15, 0.2) is 9.84 Å². The van der Waals surface area contributed by atoms with Crippen molar-refractivity contribution >= 4 is 20.7 Å². The number of benzene rings is 1. The van der Waals surface area contributed by atoms with E-state index in [4.69, 9.17) is 0 Å². The SMILES string of the molecule is CCn1c(CS(C)(=O)=O)cc2cccc(F)c21. The van der Waals surface area contributed by atoms with Crippen LogP contribution in [0.25, 0.3) is 10.9 Å². The van der Waals surface area contributed by atoms with Crippen molar-refractivity contribution in [1.29, 1.82) is 0 Å². The maximum absolute atomic E-state index is 13.7. The molecule has 0 saturated carbocycles. The second-order valence-electron chi connectivity index (χ2n) is 4.13. The zero-order valence-electron chi connectivity index (χ0n) is 9.77. The van der Waals surface area contributed by atoms with Gasteiger partial charge in [0.25, 0.3) is 0 Å². The number of para-hydroxylation sites is 1. The van der Waals surface area contributed by atoms with Gasteiger partial charge in [-0.2, -0.15) is 0 Å². The van der Waals surface area contributed by atoms with Crippen molar-refractivity contribution in [3.63, 3.8) is 0 Å². The molecule has 0 N–H and O–H groups in total. The van der Waals surface area contributed by atoms with Crippen LogP contribution in [0.5, 0.6) is 0 Å². The number of sulfone groups is 1. The van der Waals surface area contributed by atoms with E-state index in [0.29, 0.717) is 17.8 Å². The van der Waals surface area contributed by atoms with Crippen LogP contribution in [0.2, 0.25) is 0 Å². The first-order chi connectivity index (χ1) is 7.92. The van der Waals surface area contributed by atoms with E-state index in [2.05, 4.69) is 0 Å². The highest BCUT2D eigenvalue weighted by Gasteiger charge is 2.14. The Hall–Kier alpha value is -1.36. The summed E-state index contributed by atoms with van der Waals surface area (Å²) in [5.41, 5.74) is 1.11. The predicted molar refractivity (Wildman–Crippen MR) is 66.1 cm³/mol. The molecule has 0 fully saturated rings. The highest BCUT2D eigenvalue weighted by atomic mass is 32.2. The largest absolute Gasteiger partial charge is 0.341 e. The third kappa shape index (κ3) is 2.34. The first kappa shape index (κ1) is 12.1. The van der Waals surface area contributed by atoms with E-state index in [9.17, 15) is 12.8 Å².